The molecule has 2 heterocycles. The van der Waals surface area contributed by atoms with Crippen molar-refractivity contribution in [3.8, 4) is 11.1 Å². The topological polar surface area (TPSA) is 33.2 Å². The highest BCUT2D eigenvalue weighted by molar-refractivity contribution is 6.03. The van der Waals surface area contributed by atoms with Crippen LogP contribution < -0.4 is 4.90 Å². The van der Waals surface area contributed by atoms with Gasteiger partial charge in [-0.15, -0.1) is 0 Å². The van der Waals surface area contributed by atoms with Gasteiger partial charge in [-0.05, 0) is 31.5 Å². The second-order valence-corrected chi connectivity index (χ2v) is 5.55. The summed E-state index contributed by atoms with van der Waals surface area (Å²) in [5.74, 6) is 0.886. The van der Waals surface area contributed by atoms with Gasteiger partial charge < -0.3 is 0 Å². The van der Waals surface area contributed by atoms with Crippen LogP contribution in [0.5, 0.6) is 0 Å². The third-order valence-corrected chi connectivity index (χ3v) is 3.51. The highest BCUT2D eigenvalue weighted by Gasteiger charge is 2.45. The molecule has 1 fully saturated rings. The maximum Gasteiger partial charge on any atom is 0.235 e. The van der Waals surface area contributed by atoms with Crippen LogP contribution in [0.15, 0.2) is 48.7 Å². The minimum atomic E-state index is -0.236. The minimum absolute atomic E-state index is 0.146. The Balaban J connectivity index is 1.83. The molecule has 1 amide bonds. The number of benzene rings is 1. The Bertz CT molecular complexity index is 602. The Kier molecular flexibility index (Phi) is 2.63. The zero-order valence-corrected chi connectivity index (χ0v) is 11.1. The van der Waals surface area contributed by atoms with Crippen LogP contribution in [0, 0.1) is 5.41 Å². The number of rotatable bonds is 2. The van der Waals surface area contributed by atoms with Crippen LogP contribution in [0.25, 0.3) is 11.1 Å². The van der Waals surface area contributed by atoms with Gasteiger partial charge in [-0.25, -0.2) is 4.98 Å². The number of pyridine rings is 1. The summed E-state index contributed by atoms with van der Waals surface area (Å²) in [5, 5.41) is 0. The van der Waals surface area contributed by atoms with E-state index in [1.807, 2.05) is 50.4 Å². The lowest BCUT2D eigenvalue weighted by molar-refractivity contribution is -0.132. The van der Waals surface area contributed by atoms with Crippen LogP contribution in [0.2, 0.25) is 0 Å². The third kappa shape index (κ3) is 2.01. The third-order valence-electron chi connectivity index (χ3n) is 3.51. The summed E-state index contributed by atoms with van der Waals surface area (Å²) < 4.78 is 0. The first kappa shape index (κ1) is 11.9. The maximum atomic E-state index is 11.9. The summed E-state index contributed by atoms with van der Waals surface area (Å²) >= 11 is 0. The molecule has 1 saturated heterocycles. The molecule has 0 spiro atoms. The van der Waals surface area contributed by atoms with E-state index in [4.69, 9.17) is 0 Å². The molecule has 96 valence electrons. The number of carbonyl (C=O) groups is 1. The first-order chi connectivity index (χ1) is 9.08. The molecule has 1 aromatic heterocycles. The van der Waals surface area contributed by atoms with Gasteiger partial charge >= 0.3 is 0 Å². The molecule has 0 bridgehead atoms. The van der Waals surface area contributed by atoms with E-state index in [1.165, 1.54) is 0 Å². The molecule has 0 radical (unpaired) electrons. The Hall–Kier alpha value is -2.16. The molecule has 1 aliphatic heterocycles. The van der Waals surface area contributed by atoms with Crippen LogP contribution in [-0.2, 0) is 4.79 Å². The normalized spacial score (nSPS) is 17.2. The molecular weight excluding hydrogens is 236 g/mol. The van der Waals surface area contributed by atoms with Crippen molar-refractivity contribution in [1.82, 2.24) is 4.98 Å². The van der Waals surface area contributed by atoms with E-state index in [2.05, 4.69) is 17.1 Å². The lowest BCUT2D eigenvalue weighted by Crippen LogP contribution is -2.59. The number of β-lactam (4-membered cyclic amide) rings is 1. The molecule has 3 nitrogen and oxygen atoms in total. The fourth-order valence-corrected chi connectivity index (χ4v) is 2.34. The fraction of sp³-hybridized carbons (Fsp3) is 0.250. The van der Waals surface area contributed by atoms with Crippen LogP contribution in [0.3, 0.4) is 0 Å². The smallest absolute Gasteiger partial charge is 0.235 e. The maximum absolute atomic E-state index is 11.9. The summed E-state index contributed by atoms with van der Waals surface area (Å²) in [6, 6.07) is 14.0. The zero-order valence-electron chi connectivity index (χ0n) is 11.1. The van der Waals surface area contributed by atoms with Crippen LogP contribution in [0.1, 0.15) is 13.8 Å². The Labute approximate surface area is 112 Å². The first-order valence-electron chi connectivity index (χ1n) is 6.41. The lowest BCUT2D eigenvalue weighted by atomic mass is 9.83. The van der Waals surface area contributed by atoms with E-state index < -0.39 is 0 Å². The van der Waals surface area contributed by atoms with Crippen molar-refractivity contribution in [3.63, 3.8) is 0 Å². The molecule has 19 heavy (non-hydrogen) atoms. The van der Waals surface area contributed by atoms with Crippen molar-refractivity contribution in [2.75, 3.05) is 11.4 Å². The molecule has 0 unspecified atom stereocenters. The molecule has 0 atom stereocenters. The summed E-state index contributed by atoms with van der Waals surface area (Å²) in [4.78, 5) is 18.1. The quantitative estimate of drug-likeness (QED) is 0.769. The van der Waals surface area contributed by atoms with Crippen molar-refractivity contribution in [2.24, 2.45) is 5.41 Å². The number of amides is 1. The van der Waals surface area contributed by atoms with Gasteiger partial charge in [0.1, 0.15) is 5.82 Å². The minimum Gasteiger partial charge on any atom is -0.295 e. The average molecular weight is 252 g/mol. The van der Waals surface area contributed by atoms with Gasteiger partial charge in [-0.3, -0.25) is 9.69 Å². The average Bonchev–Trinajstić information content (AvgIpc) is 2.46. The van der Waals surface area contributed by atoms with Crippen LogP contribution >= 0.6 is 0 Å². The highest BCUT2D eigenvalue weighted by atomic mass is 16.2. The highest BCUT2D eigenvalue weighted by Crippen LogP contribution is 2.34. The van der Waals surface area contributed by atoms with Gasteiger partial charge in [0.2, 0.25) is 5.91 Å². The van der Waals surface area contributed by atoms with Gasteiger partial charge in [-0.2, -0.15) is 0 Å². The first-order valence-corrected chi connectivity index (χ1v) is 6.41. The van der Waals surface area contributed by atoms with E-state index in [0.717, 1.165) is 23.5 Å². The van der Waals surface area contributed by atoms with Gasteiger partial charge in [-0.1, -0.05) is 30.3 Å². The Morgan fingerprint density at radius 2 is 1.79 bits per heavy atom. The largest absolute Gasteiger partial charge is 0.295 e. The molecular formula is C16H16N2O. The summed E-state index contributed by atoms with van der Waals surface area (Å²) in [6.07, 6.45) is 1.82. The predicted octanol–water partition coefficient (Wildman–Crippen LogP) is 3.12. The van der Waals surface area contributed by atoms with Crippen molar-refractivity contribution in [3.05, 3.63) is 48.7 Å². The predicted molar refractivity (Wildman–Crippen MR) is 75.8 cm³/mol. The van der Waals surface area contributed by atoms with E-state index in [-0.39, 0.29) is 11.3 Å². The van der Waals surface area contributed by atoms with Crippen molar-refractivity contribution < 1.29 is 4.79 Å². The van der Waals surface area contributed by atoms with E-state index in [1.54, 1.807) is 4.90 Å². The zero-order chi connectivity index (χ0) is 13.5. The van der Waals surface area contributed by atoms with Crippen molar-refractivity contribution in [1.29, 1.82) is 0 Å². The van der Waals surface area contributed by atoms with Crippen LogP contribution in [-0.4, -0.2) is 17.4 Å². The van der Waals surface area contributed by atoms with Gasteiger partial charge in [0.25, 0.3) is 0 Å². The summed E-state index contributed by atoms with van der Waals surface area (Å²) in [6.45, 7) is 4.66. The van der Waals surface area contributed by atoms with Crippen molar-refractivity contribution >= 4 is 11.7 Å². The second kappa shape index (κ2) is 4.19. The Morgan fingerprint density at radius 1 is 1.05 bits per heavy atom. The lowest BCUT2D eigenvalue weighted by Gasteiger charge is -2.43. The monoisotopic (exact) mass is 252 g/mol. The molecule has 1 aliphatic rings. The fourth-order valence-electron chi connectivity index (χ4n) is 2.34. The molecule has 0 N–H and O–H groups in total. The summed E-state index contributed by atoms with van der Waals surface area (Å²) in [5.41, 5.74) is 1.97. The second-order valence-electron chi connectivity index (χ2n) is 5.55. The standard InChI is InChI=1S/C16H16N2O/c1-16(2)11-18(15(16)19)14-9-8-13(10-17-14)12-6-4-3-5-7-12/h3-10H,11H2,1-2H3. The van der Waals surface area contributed by atoms with E-state index in [0.29, 0.717) is 0 Å². The number of nitrogens with zero attached hydrogens (tertiary/aromatic N) is 2. The molecule has 0 saturated carbocycles. The van der Waals surface area contributed by atoms with Crippen molar-refractivity contribution in [2.45, 2.75) is 13.8 Å². The number of aromatic nitrogens is 1. The van der Waals surface area contributed by atoms with Gasteiger partial charge in [0.05, 0.1) is 5.41 Å². The molecule has 3 rings (SSSR count). The SMILES string of the molecule is CC1(C)CN(c2ccc(-c3ccccc3)cn2)C1=O. The van der Waals surface area contributed by atoms with E-state index in [9.17, 15) is 4.79 Å². The summed E-state index contributed by atoms with van der Waals surface area (Å²) in [7, 11) is 0. The van der Waals surface area contributed by atoms with Crippen LogP contribution in [0.4, 0.5) is 5.82 Å². The number of anilines is 1. The van der Waals surface area contributed by atoms with Gasteiger partial charge in [0, 0.05) is 18.3 Å². The number of hydrogen-bond acceptors (Lipinski definition) is 2. The number of carbonyl (C=O) groups excluding carboxylic acids is 1. The molecule has 2 aromatic rings. The number of hydrogen-bond donors (Lipinski definition) is 0. The van der Waals surface area contributed by atoms with E-state index >= 15 is 0 Å². The molecule has 3 heteroatoms. The molecule has 0 aliphatic carbocycles. The Morgan fingerprint density at radius 3 is 2.32 bits per heavy atom. The molecule has 1 aromatic carbocycles. The van der Waals surface area contributed by atoms with Gasteiger partial charge in [0.15, 0.2) is 0 Å².